The summed E-state index contributed by atoms with van der Waals surface area (Å²) >= 11 is 0. The second-order valence-corrected chi connectivity index (χ2v) is 17.3. The van der Waals surface area contributed by atoms with Crippen molar-refractivity contribution in [2.24, 2.45) is 17.6 Å². The molecule has 59 heavy (non-hydrogen) atoms. The maximum absolute atomic E-state index is 14.4. The Balaban J connectivity index is 1.28. The second kappa shape index (κ2) is 19.8. The Morgan fingerprint density at radius 2 is 1.12 bits per heavy atom. The van der Waals surface area contributed by atoms with E-state index in [1.807, 2.05) is 78.9 Å². The molecule has 0 saturated heterocycles. The average Bonchev–Trinajstić information content (AvgIpc) is 3.22. The molecular formula is C47H49N5O6S. The number of rotatable bonds is 8. The molecule has 4 aliphatic heterocycles. The third kappa shape index (κ3) is 13.1. The summed E-state index contributed by atoms with van der Waals surface area (Å²) < 4.78 is 27.4. The molecule has 6 bridgehead atoms. The number of benzene rings is 5. The largest absolute Gasteiger partial charge is 0.384 e. The topological polar surface area (TPSA) is 188 Å². The second-order valence-electron chi connectivity index (χ2n) is 15.2. The number of hydrogen-bond donors (Lipinski definition) is 5. The summed E-state index contributed by atoms with van der Waals surface area (Å²) in [5.74, 6) is -3.44. The van der Waals surface area contributed by atoms with Gasteiger partial charge in [0.15, 0.2) is 9.84 Å². The number of sulfone groups is 1. The normalized spacial score (nSPS) is 16.9. The summed E-state index contributed by atoms with van der Waals surface area (Å²) in [6.45, 7) is 0.748. The Morgan fingerprint density at radius 3 is 1.64 bits per heavy atom. The van der Waals surface area contributed by atoms with Crippen molar-refractivity contribution in [1.29, 1.82) is 5.41 Å². The van der Waals surface area contributed by atoms with Gasteiger partial charge in [-0.15, -0.1) is 0 Å². The van der Waals surface area contributed by atoms with Gasteiger partial charge < -0.3 is 21.7 Å². The minimum Gasteiger partial charge on any atom is -0.384 e. The van der Waals surface area contributed by atoms with Crippen LogP contribution in [0.3, 0.4) is 0 Å². The summed E-state index contributed by atoms with van der Waals surface area (Å²) in [6, 6.07) is 38.0. The van der Waals surface area contributed by atoms with E-state index < -0.39 is 27.4 Å². The molecule has 3 amide bonds. The first-order valence-electron chi connectivity index (χ1n) is 19.6. The molecule has 0 aromatic heterocycles. The van der Waals surface area contributed by atoms with Gasteiger partial charge in [0.05, 0.1) is 24.3 Å². The monoisotopic (exact) mass is 811 g/mol. The van der Waals surface area contributed by atoms with E-state index in [0.29, 0.717) is 17.7 Å². The molecule has 9 rings (SSSR count). The molecule has 0 radical (unpaired) electrons. The molecule has 0 spiro atoms. The maximum atomic E-state index is 14.4. The summed E-state index contributed by atoms with van der Waals surface area (Å²) in [6.07, 6.45) is 0.527. The van der Waals surface area contributed by atoms with Crippen LogP contribution < -0.4 is 21.7 Å². The Hall–Kier alpha value is -6.40. The van der Waals surface area contributed by atoms with E-state index in [9.17, 15) is 27.6 Å². The predicted molar refractivity (Wildman–Crippen MR) is 228 cm³/mol. The lowest BCUT2D eigenvalue weighted by molar-refractivity contribution is -0.130. The lowest BCUT2D eigenvalue weighted by atomic mass is 9.87. The molecule has 304 valence electrons. The van der Waals surface area contributed by atoms with Crippen LogP contribution in [-0.2, 0) is 80.1 Å². The summed E-state index contributed by atoms with van der Waals surface area (Å²) in [5, 5.41) is 16.5. The number of amidine groups is 1. The van der Waals surface area contributed by atoms with Crippen molar-refractivity contribution >= 4 is 39.2 Å². The zero-order valence-corrected chi connectivity index (χ0v) is 33.6. The molecule has 6 N–H and O–H groups in total. The first-order chi connectivity index (χ1) is 28.4. The molecule has 5 aromatic carbocycles. The molecule has 0 unspecified atom stereocenters. The molecule has 12 heteroatoms. The quantitative estimate of drug-likeness (QED) is 0.109. The van der Waals surface area contributed by atoms with Gasteiger partial charge in [0.25, 0.3) is 0 Å². The maximum Gasteiger partial charge on any atom is 0.224 e. The van der Waals surface area contributed by atoms with Crippen molar-refractivity contribution in [3.05, 3.63) is 177 Å². The highest BCUT2D eigenvalue weighted by molar-refractivity contribution is 7.90. The van der Waals surface area contributed by atoms with E-state index in [0.717, 1.165) is 38.9 Å². The summed E-state index contributed by atoms with van der Waals surface area (Å²) in [5.41, 5.74) is 12.5. The van der Waals surface area contributed by atoms with Crippen LogP contribution in [0.15, 0.2) is 127 Å². The molecule has 4 aliphatic rings. The zero-order chi connectivity index (χ0) is 41.8. The molecule has 0 aliphatic carbocycles. The number of amides is 3. The van der Waals surface area contributed by atoms with E-state index in [-0.39, 0.29) is 80.3 Å². The Labute approximate surface area is 345 Å². The van der Waals surface area contributed by atoms with Crippen molar-refractivity contribution in [2.75, 3.05) is 5.75 Å². The number of carbonyl (C=O) groups is 4. The van der Waals surface area contributed by atoms with Crippen molar-refractivity contribution in [3.63, 3.8) is 0 Å². The van der Waals surface area contributed by atoms with E-state index >= 15 is 0 Å². The fourth-order valence-electron chi connectivity index (χ4n) is 7.09. The van der Waals surface area contributed by atoms with Crippen LogP contribution in [0.5, 0.6) is 0 Å². The van der Waals surface area contributed by atoms with Gasteiger partial charge in [-0.05, 0) is 57.3 Å². The molecule has 0 saturated carbocycles. The van der Waals surface area contributed by atoms with Crippen molar-refractivity contribution < 1.29 is 27.6 Å². The van der Waals surface area contributed by atoms with Crippen molar-refractivity contribution in [1.82, 2.24) is 16.0 Å². The SMILES string of the molecule is N=C(N)c1ccc(CNC(=O)[C@H]2CC(=O)[C@H](CS(=O)(=O)Cc3ccccc3)Cc3ccc(cc3)CNC(=O)Cc3ccc(cc3)CC(=O)NCc3ccc(cc3)C2)cc1. The van der Waals surface area contributed by atoms with E-state index in [1.165, 1.54) is 0 Å². The number of fused-ring (bicyclic) bond motifs is 3. The highest BCUT2D eigenvalue weighted by Gasteiger charge is 2.31. The predicted octanol–water partition coefficient (Wildman–Crippen LogP) is 4.91. The van der Waals surface area contributed by atoms with Crippen LogP contribution in [0, 0.1) is 17.2 Å². The van der Waals surface area contributed by atoms with Gasteiger partial charge in [0.1, 0.15) is 11.6 Å². The van der Waals surface area contributed by atoms with E-state index in [2.05, 4.69) is 16.0 Å². The number of carbonyl (C=O) groups excluding carboxylic acids is 4. The third-order valence-corrected chi connectivity index (χ3v) is 12.1. The van der Waals surface area contributed by atoms with E-state index in [4.69, 9.17) is 11.1 Å². The third-order valence-electron chi connectivity index (χ3n) is 10.4. The Bertz CT molecular complexity index is 2370. The number of ketones is 1. The van der Waals surface area contributed by atoms with Crippen LogP contribution in [-0.4, -0.2) is 43.5 Å². The molecule has 0 fully saturated rings. The molecular weight excluding hydrogens is 763 g/mol. The average molecular weight is 812 g/mol. The highest BCUT2D eigenvalue weighted by Crippen LogP contribution is 2.23. The first-order valence-corrected chi connectivity index (χ1v) is 21.4. The van der Waals surface area contributed by atoms with Gasteiger partial charge in [0.2, 0.25) is 17.7 Å². The summed E-state index contributed by atoms with van der Waals surface area (Å²) in [7, 11) is -3.76. The smallest absolute Gasteiger partial charge is 0.224 e. The van der Waals surface area contributed by atoms with Crippen LogP contribution in [0.25, 0.3) is 0 Å². The Kier molecular flexibility index (Phi) is 14.2. The van der Waals surface area contributed by atoms with Crippen molar-refractivity contribution in [3.8, 4) is 0 Å². The van der Waals surface area contributed by atoms with Gasteiger partial charge in [-0.25, -0.2) is 8.42 Å². The number of nitrogens with one attached hydrogen (secondary N) is 4. The lowest BCUT2D eigenvalue weighted by Crippen LogP contribution is -2.36. The molecule has 2 atom stereocenters. The van der Waals surface area contributed by atoms with Crippen molar-refractivity contribution in [2.45, 2.75) is 57.5 Å². The van der Waals surface area contributed by atoms with Gasteiger partial charge in [-0.3, -0.25) is 24.6 Å². The molecule has 5 aromatic rings. The van der Waals surface area contributed by atoms with Crippen LogP contribution in [0.1, 0.15) is 56.5 Å². The number of nitrogens with two attached hydrogens (primary N) is 1. The number of nitrogen functional groups attached to an aromatic ring is 1. The highest BCUT2D eigenvalue weighted by atomic mass is 32.2. The Morgan fingerprint density at radius 1 is 0.627 bits per heavy atom. The first kappa shape index (κ1) is 42.2. The number of Topliss-reactive ketones (excluding diaryl/α,β-unsaturated/α-hetero) is 1. The lowest BCUT2D eigenvalue weighted by Gasteiger charge is -2.21. The molecule has 11 nitrogen and oxygen atoms in total. The number of hydrogen-bond acceptors (Lipinski definition) is 7. The molecule has 4 heterocycles. The van der Waals surface area contributed by atoms with Gasteiger partial charge in [-0.2, -0.15) is 0 Å². The standard InChI is InChI=1S/C47H49N5O6S/c48-46(49)40-20-18-38(19-21-40)29-52-47(56)41-22-32-10-14-36(15-11-32)27-50-44(54)24-34-6-8-35(9-7-34)25-45(55)51-28-37-16-12-33(13-17-37)23-42(43(53)26-41)31-59(57,58)30-39-4-2-1-3-5-39/h1-21,41-42H,22-31H2,(H3,48,49)(H,50,54)(H,51,55)(H,52,56)/t41-,42+/m1/s1. The van der Waals surface area contributed by atoms with E-state index in [1.54, 1.807) is 48.5 Å². The minimum atomic E-state index is -3.76. The minimum absolute atomic E-state index is 0.0667. The van der Waals surface area contributed by atoms with Gasteiger partial charge in [0, 0.05) is 43.5 Å². The zero-order valence-electron chi connectivity index (χ0n) is 32.8. The van der Waals surface area contributed by atoms with Crippen LogP contribution in [0.2, 0.25) is 0 Å². The summed E-state index contributed by atoms with van der Waals surface area (Å²) in [4.78, 5) is 54.0. The van der Waals surface area contributed by atoms with Crippen LogP contribution in [0.4, 0.5) is 0 Å². The fourth-order valence-corrected chi connectivity index (χ4v) is 8.82. The van der Waals surface area contributed by atoms with Gasteiger partial charge in [-0.1, -0.05) is 127 Å². The van der Waals surface area contributed by atoms with Crippen LogP contribution >= 0.6 is 0 Å². The van der Waals surface area contributed by atoms with Gasteiger partial charge >= 0.3 is 0 Å². The fraction of sp³-hybridized carbons (Fsp3) is 0.255.